The van der Waals surface area contributed by atoms with Crippen LogP contribution in [0, 0.1) is 0 Å². The van der Waals surface area contributed by atoms with Crippen LogP contribution in [0.25, 0.3) is 0 Å². The lowest BCUT2D eigenvalue weighted by Crippen LogP contribution is -2.51. The van der Waals surface area contributed by atoms with Crippen molar-refractivity contribution in [3.63, 3.8) is 0 Å². The number of rotatable bonds is 3. The zero-order valence-corrected chi connectivity index (χ0v) is 12.2. The number of hydrogen-bond acceptors (Lipinski definition) is 0. The minimum atomic E-state index is -0.877. The monoisotopic (exact) mass is 277 g/mol. The third kappa shape index (κ3) is 3.04. The lowest BCUT2D eigenvalue weighted by atomic mass is 10.3. The van der Waals surface area contributed by atoms with Crippen molar-refractivity contribution >= 4 is 24.4 Å². The van der Waals surface area contributed by atoms with Crippen molar-refractivity contribution in [3.05, 3.63) is 91.0 Å². The van der Waals surface area contributed by atoms with Gasteiger partial charge in [0.25, 0.3) is 0 Å². The molecule has 0 fully saturated rings. The van der Waals surface area contributed by atoms with Gasteiger partial charge in [-0.1, -0.05) is 107 Å². The topological polar surface area (TPSA) is 31.5 Å². The zero-order chi connectivity index (χ0) is 12.9. The Morgan fingerprint density at radius 2 is 0.650 bits per heavy atom. The minimum Gasteiger partial charge on any atom is -0.412 e. The molecule has 0 aliphatic heterocycles. The molecule has 1 radical (unpaired) electrons. The molecular formula is C18H17OSi. The van der Waals surface area contributed by atoms with Gasteiger partial charge in [-0.25, -0.2) is 0 Å². The molecule has 99 valence electrons. The summed E-state index contributed by atoms with van der Waals surface area (Å²) in [6.07, 6.45) is 0. The molecule has 0 bridgehead atoms. The second-order valence-electron chi connectivity index (χ2n) is 4.47. The van der Waals surface area contributed by atoms with Crippen molar-refractivity contribution in [2.75, 3.05) is 0 Å². The molecule has 3 aromatic rings. The molecule has 0 spiro atoms. The van der Waals surface area contributed by atoms with Crippen LogP contribution in [0.3, 0.4) is 0 Å². The predicted molar refractivity (Wildman–Crippen MR) is 87.6 cm³/mol. The van der Waals surface area contributed by atoms with Gasteiger partial charge in [0, 0.05) is 0 Å². The Balaban J connectivity index is 0.00000147. The maximum absolute atomic E-state index is 2.24. The van der Waals surface area contributed by atoms with Crippen LogP contribution in [0.2, 0.25) is 0 Å². The van der Waals surface area contributed by atoms with Gasteiger partial charge in [-0.3, -0.25) is 0 Å². The standard InChI is InChI=1S/C18H15Si.H2O/c1-4-10-16(11-5-1)19(17-12-6-2-7-13-17)18-14-8-3-9-15-18;/h1-15H;1H2. The second kappa shape index (κ2) is 6.85. The quantitative estimate of drug-likeness (QED) is 0.512. The fourth-order valence-corrected chi connectivity index (χ4v) is 4.89. The van der Waals surface area contributed by atoms with Gasteiger partial charge in [0.15, 0.2) is 8.80 Å². The van der Waals surface area contributed by atoms with E-state index in [1.54, 1.807) is 0 Å². The molecule has 0 unspecified atom stereocenters. The van der Waals surface area contributed by atoms with Crippen molar-refractivity contribution in [2.24, 2.45) is 0 Å². The van der Waals surface area contributed by atoms with Crippen LogP contribution in [0.5, 0.6) is 0 Å². The highest BCUT2D eigenvalue weighted by atomic mass is 28.3. The van der Waals surface area contributed by atoms with Gasteiger partial charge in [-0.15, -0.1) is 0 Å². The van der Waals surface area contributed by atoms with Gasteiger partial charge in [0.05, 0.1) is 0 Å². The van der Waals surface area contributed by atoms with Crippen molar-refractivity contribution in [3.8, 4) is 0 Å². The largest absolute Gasteiger partial charge is 0.412 e. The van der Waals surface area contributed by atoms with Gasteiger partial charge >= 0.3 is 0 Å². The van der Waals surface area contributed by atoms with E-state index in [1.165, 1.54) is 15.6 Å². The summed E-state index contributed by atoms with van der Waals surface area (Å²) in [4.78, 5) is 0. The Labute approximate surface area is 121 Å². The Hall–Kier alpha value is -2.16. The van der Waals surface area contributed by atoms with Gasteiger partial charge in [-0.2, -0.15) is 0 Å². The fourth-order valence-electron chi connectivity index (χ4n) is 2.31. The number of benzene rings is 3. The van der Waals surface area contributed by atoms with E-state index in [0.717, 1.165) is 0 Å². The third-order valence-electron chi connectivity index (χ3n) is 3.19. The molecule has 0 aliphatic rings. The Morgan fingerprint density at radius 1 is 0.400 bits per heavy atom. The van der Waals surface area contributed by atoms with Crippen molar-refractivity contribution in [2.45, 2.75) is 0 Å². The molecule has 0 aliphatic carbocycles. The van der Waals surface area contributed by atoms with E-state index in [-0.39, 0.29) is 5.48 Å². The van der Waals surface area contributed by atoms with Crippen molar-refractivity contribution in [1.82, 2.24) is 0 Å². The summed E-state index contributed by atoms with van der Waals surface area (Å²) < 4.78 is 0. The van der Waals surface area contributed by atoms with E-state index in [2.05, 4.69) is 91.0 Å². The fraction of sp³-hybridized carbons (Fsp3) is 0. The highest BCUT2D eigenvalue weighted by Crippen LogP contribution is 1.95. The third-order valence-corrected chi connectivity index (χ3v) is 5.92. The van der Waals surface area contributed by atoms with Gasteiger partial charge in [0.1, 0.15) is 0 Å². The van der Waals surface area contributed by atoms with E-state index in [9.17, 15) is 0 Å². The molecule has 0 atom stereocenters. The van der Waals surface area contributed by atoms with Crippen molar-refractivity contribution < 1.29 is 5.48 Å². The SMILES string of the molecule is O.c1ccc([Si](c2ccccc2)c2ccccc2)cc1. The second-order valence-corrected chi connectivity index (χ2v) is 6.96. The first-order valence-electron chi connectivity index (χ1n) is 6.48. The normalized spacial score (nSPS) is 10.1. The Bertz CT molecular complexity index is 529. The van der Waals surface area contributed by atoms with Crippen molar-refractivity contribution in [1.29, 1.82) is 0 Å². The molecule has 2 N–H and O–H groups in total. The summed E-state index contributed by atoms with van der Waals surface area (Å²) in [5, 5.41) is 4.31. The summed E-state index contributed by atoms with van der Waals surface area (Å²) in [5.41, 5.74) is 0. The van der Waals surface area contributed by atoms with Gasteiger partial charge in [-0.05, 0) is 0 Å². The van der Waals surface area contributed by atoms with Gasteiger partial charge in [0.2, 0.25) is 0 Å². The lowest BCUT2D eigenvalue weighted by molar-refractivity contribution is 0.824. The van der Waals surface area contributed by atoms with Gasteiger partial charge < -0.3 is 5.48 Å². The smallest absolute Gasteiger partial charge is 0.154 e. The van der Waals surface area contributed by atoms with Crippen LogP contribution in [0.4, 0.5) is 0 Å². The van der Waals surface area contributed by atoms with Crippen LogP contribution >= 0.6 is 0 Å². The number of hydrogen-bond donors (Lipinski definition) is 0. The molecular weight excluding hydrogens is 260 g/mol. The highest BCUT2D eigenvalue weighted by molar-refractivity contribution is 6.95. The molecule has 0 aromatic heterocycles. The van der Waals surface area contributed by atoms with Crippen LogP contribution < -0.4 is 15.6 Å². The first-order chi connectivity index (χ1) is 9.45. The van der Waals surface area contributed by atoms with E-state index >= 15 is 0 Å². The zero-order valence-electron chi connectivity index (χ0n) is 11.2. The summed E-state index contributed by atoms with van der Waals surface area (Å²) in [6, 6.07) is 32.5. The van der Waals surface area contributed by atoms with Crippen LogP contribution in [0.1, 0.15) is 0 Å². The summed E-state index contributed by atoms with van der Waals surface area (Å²) in [7, 11) is -0.877. The molecule has 0 saturated carbocycles. The Kier molecular flexibility index (Phi) is 4.88. The molecule has 3 rings (SSSR count). The van der Waals surface area contributed by atoms with E-state index in [4.69, 9.17) is 0 Å². The van der Waals surface area contributed by atoms with Crippen LogP contribution in [-0.2, 0) is 0 Å². The minimum absolute atomic E-state index is 0. The summed E-state index contributed by atoms with van der Waals surface area (Å²) in [6.45, 7) is 0. The molecule has 3 aromatic carbocycles. The average molecular weight is 277 g/mol. The van der Waals surface area contributed by atoms with Crippen LogP contribution in [-0.4, -0.2) is 14.3 Å². The average Bonchev–Trinajstić information content (AvgIpc) is 2.51. The molecule has 2 heteroatoms. The predicted octanol–water partition coefficient (Wildman–Crippen LogP) is 1.38. The van der Waals surface area contributed by atoms with Crippen LogP contribution in [0.15, 0.2) is 91.0 Å². The molecule has 1 nitrogen and oxygen atoms in total. The van der Waals surface area contributed by atoms with E-state index < -0.39 is 8.80 Å². The first-order valence-corrected chi connectivity index (χ1v) is 7.98. The molecule has 20 heavy (non-hydrogen) atoms. The first kappa shape index (κ1) is 14.3. The van der Waals surface area contributed by atoms with E-state index in [0.29, 0.717) is 0 Å². The molecule has 0 amide bonds. The Morgan fingerprint density at radius 3 is 0.900 bits per heavy atom. The molecule has 0 heterocycles. The highest BCUT2D eigenvalue weighted by Gasteiger charge is 2.18. The lowest BCUT2D eigenvalue weighted by Gasteiger charge is -2.16. The summed E-state index contributed by atoms with van der Waals surface area (Å²) in [5.74, 6) is 0. The molecule has 0 saturated heterocycles. The van der Waals surface area contributed by atoms with E-state index in [1.807, 2.05) is 0 Å². The maximum Gasteiger partial charge on any atom is 0.154 e. The summed E-state index contributed by atoms with van der Waals surface area (Å²) >= 11 is 0. The maximum atomic E-state index is 2.24.